The van der Waals surface area contributed by atoms with Gasteiger partial charge in [-0.05, 0) is 46.1 Å². The molecule has 1 fully saturated rings. The van der Waals surface area contributed by atoms with E-state index in [0.29, 0.717) is 6.04 Å². The van der Waals surface area contributed by atoms with Crippen molar-refractivity contribution in [2.75, 3.05) is 13.2 Å². The van der Waals surface area contributed by atoms with Crippen LogP contribution in [0.1, 0.15) is 45.6 Å². The van der Waals surface area contributed by atoms with E-state index in [1.54, 1.807) is 6.20 Å². The zero-order chi connectivity index (χ0) is 12.1. The van der Waals surface area contributed by atoms with E-state index in [2.05, 4.69) is 24.3 Å². The fourth-order valence-corrected chi connectivity index (χ4v) is 2.20. The number of nitrogens with one attached hydrogen (secondary N) is 1. The van der Waals surface area contributed by atoms with Crippen LogP contribution in [-0.4, -0.2) is 29.0 Å². The highest BCUT2D eigenvalue weighted by molar-refractivity contribution is 5.11. The van der Waals surface area contributed by atoms with Crippen LogP contribution in [0.15, 0.2) is 12.4 Å². The van der Waals surface area contributed by atoms with E-state index >= 15 is 0 Å². The molecular weight excluding hydrogens is 214 g/mol. The molecule has 2 rings (SSSR count). The minimum Gasteiger partial charge on any atom is -0.490 e. The summed E-state index contributed by atoms with van der Waals surface area (Å²) in [7, 11) is 0. The maximum atomic E-state index is 5.69. The topological polar surface area (TPSA) is 39.1 Å². The summed E-state index contributed by atoms with van der Waals surface area (Å²) >= 11 is 0. The Morgan fingerprint density at radius 2 is 2.47 bits per heavy atom. The Labute approximate surface area is 103 Å². The van der Waals surface area contributed by atoms with Gasteiger partial charge in [0, 0.05) is 12.1 Å². The molecule has 1 aliphatic rings. The second-order valence-corrected chi connectivity index (χ2v) is 5.03. The summed E-state index contributed by atoms with van der Waals surface area (Å²) in [5, 5.41) is 7.75. The van der Waals surface area contributed by atoms with Crippen LogP contribution < -0.4 is 10.1 Å². The zero-order valence-electron chi connectivity index (χ0n) is 10.9. The molecule has 1 aromatic heterocycles. The van der Waals surface area contributed by atoms with Gasteiger partial charge >= 0.3 is 0 Å². The minimum atomic E-state index is 0.398. The summed E-state index contributed by atoms with van der Waals surface area (Å²) in [6.07, 6.45) is 8.76. The van der Waals surface area contributed by atoms with Gasteiger partial charge in [-0.15, -0.1) is 0 Å². The number of hydrogen-bond acceptors (Lipinski definition) is 3. The average Bonchev–Trinajstić information content (AvgIpc) is 2.96. The quantitative estimate of drug-likeness (QED) is 0.772. The maximum absolute atomic E-state index is 5.69. The molecule has 1 saturated heterocycles. The monoisotopic (exact) mass is 237 g/mol. The lowest BCUT2D eigenvalue weighted by Crippen LogP contribution is -2.21. The van der Waals surface area contributed by atoms with Crippen LogP contribution in [0.25, 0.3) is 0 Å². The van der Waals surface area contributed by atoms with Gasteiger partial charge in [-0.2, -0.15) is 5.10 Å². The maximum Gasteiger partial charge on any atom is 0.157 e. The van der Waals surface area contributed by atoms with Crippen LogP contribution in [0, 0.1) is 0 Å². The van der Waals surface area contributed by atoms with E-state index in [0.717, 1.165) is 24.8 Å². The number of rotatable bonds is 6. The fourth-order valence-electron chi connectivity index (χ4n) is 2.20. The van der Waals surface area contributed by atoms with Crippen molar-refractivity contribution in [3.8, 4) is 5.75 Å². The summed E-state index contributed by atoms with van der Waals surface area (Å²) in [4.78, 5) is 0. The molecule has 0 aromatic carbocycles. The first-order valence-electron chi connectivity index (χ1n) is 6.66. The summed E-state index contributed by atoms with van der Waals surface area (Å²) in [6.45, 7) is 6.21. The van der Waals surface area contributed by atoms with Crippen LogP contribution in [-0.2, 0) is 0 Å². The third-order valence-corrected chi connectivity index (χ3v) is 3.23. The van der Waals surface area contributed by atoms with E-state index in [4.69, 9.17) is 4.74 Å². The first-order valence-corrected chi connectivity index (χ1v) is 6.66. The molecule has 1 aliphatic heterocycles. The van der Waals surface area contributed by atoms with Crippen molar-refractivity contribution in [1.82, 2.24) is 15.1 Å². The van der Waals surface area contributed by atoms with E-state index in [1.807, 2.05) is 10.9 Å². The normalized spacial score (nSPS) is 20.1. The summed E-state index contributed by atoms with van der Waals surface area (Å²) < 4.78 is 7.61. The van der Waals surface area contributed by atoms with Crippen molar-refractivity contribution < 1.29 is 4.74 Å². The number of aromatic nitrogens is 2. The highest BCUT2D eigenvalue weighted by Gasteiger charge is 2.13. The second kappa shape index (κ2) is 6.05. The fraction of sp³-hybridized carbons (Fsp3) is 0.769. The Morgan fingerprint density at radius 1 is 1.59 bits per heavy atom. The van der Waals surface area contributed by atoms with Crippen molar-refractivity contribution in [3.05, 3.63) is 12.4 Å². The Balaban J connectivity index is 1.63. The molecule has 96 valence electrons. The molecular formula is C13H23N3O. The Bertz CT molecular complexity index is 329. The van der Waals surface area contributed by atoms with Gasteiger partial charge < -0.3 is 10.1 Å². The van der Waals surface area contributed by atoms with Gasteiger partial charge in [0.2, 0.25) is 0 Å². The van der Waals surface area contributed by atoms with Crippen LogP contribution in [0.5, 0.6) is 5.75 Å². The van der Waals surface area contributed by atoms with Gasteiger partial charge in [0.05, 0.1) is 19.0 Å². The number of nitrogens with zero attached hydrogens (tertiary/aromatic N) is 2. The number of ether oxygens (including phenoxy) is 1. The molecule has 1 aromatic rings. The predicted octanol–water partition coefficient (Wildman–Crippen LogP) is 2.38. The van der Waals surface area contributed by atoms with Gasteiger partial charge in [0.25, 0.3) is 0 Å². The van der Waals surface area contributed by atoms with E-state index in [-0.39, 0.29) is 0 Å². The molecule has 0 radical (unpaired) electrons. The summed E-state index contributed by atoms with van der Waals surface area (Å²) in [5.74, 6) is 0.887. The third kappa shape index (κ3) is 3.73. The molecule has 17 heavy (non-hydrogen) atoms. The zero-order valence-corrected chi connectivity index (χ0v) is 10.9. The Hall–Kier alpha value is -1.03. The van der Waals surface area contributed by atoms with E-state index < -0.39 is 0 Å². The van der Waals surface area contributed by atoms with Gasteiger partial charge in [0.15, 0.2) is 5.75 Å². The van der Waals surface area contributed by atoms with Crippen molar-refractivity contribution in [3.63, 3.8) is 0 Å². The molecule has 4 heteroatoms. The molecule has 2 heterocycles. The Morgan fingerprint density at radius 3 is 3.12 bits per heavy atom. The smallest absolute Gasteiger partial charge is 0.157 e. The van der Waals surface area contributed by atoms with E-state index in [1.165, 1.54) is 25.8 Å². The van der Waals surface area contributed by atoms with Crippen LogP contribution in [0.3, 0.4) is 0 Å². The molecule has 0 amide bonds. The first-order chi connectivity index (χ1) is 8.25. The van der Waals surface area contributed by atoms with Crippen molar-refractivity contribution >= 4 is 0 Å². The molecule has 0 saturated carbocycles. The lowest BCUT2D eigenvalue weighted by atomic mass is 10.1. The average molecular weight is 237 g/mol. The molecule has 1 unspecified atom stereocenters. The summed E-state index contributed by atoms with van der Waals surface area (Å²) in [6, 6.07) is 1.12. The lowest BCUT2D eigenvalue weighted by molar-refractivity contribution is 0.298. The predicted molar refractivity (Wildman–Crippen MR) is 68.4 cm³/mol. The molecule has 1 N–H and O–H groups in total. The van der Waals surface area contributed by atoms with Crippen molar-refractivity contribution in [1.29, 1.82) is 0 Å². The third-order valence-electron chi connectivity index (χ3n) is 3.23. The molecule has 0 bridgehead atoms. The van der Waals surface area contributed by atoms with Gasteiger partial charge in [-0.3, -0.25) is 4.68 Å². The van der Waals surface area contributed by atoms with Gasteiger partial charge in [-0.1, -0.05) is 0 Å². The van der Waals surface area contributed by atoms with E-state index in [9.17, 15) is 0 Å². The van der Waals surface area contributed by atoms with Gasteiger partial charge in [-0.25, -0.2) is 0 Å². The first kappa shape index (κ1) is 12.4. The van der Waals surface area contributed by atoms with Crippen molar-refractivity contribution in [2.45, 2.75) is 51.6 Å². The highest BCUT2D eigenvalue weighted by Crippen LogP contribution is 2.14. The molecule has 1 atom stereocenters. The lowest BCUT2D eigenvalue weighted by Gasteiger charge is -2.09. The van der Waals surface area contributed by atoms with Gasteiger partial charge in [0.1, 0.15) is 0 Å². The largest absolute Gasteiger partial charge is 0.490 e. The summed E-state index contributed by atoms with van der Waals surface area (Å²) in [5.41, 5.74) is 0. The molecule has 0 spiro atoms. The van der Waals surface area contributed by atoms with Crippen molar-refractivity contribution in [2.24, 2.45) is 0 Å². The SMILES string of the molecule is CC(C)n1cc(OCCCC2CCCN2)cn1. The van der Waals surface area contributed by atoms with Crippen LogP contribution >= 0.6 is 0 Å². The second-order valence-electron chi connectivity index (χ2n) is 5.03. The number of hydrogen-bond donors (Lipinski definition) is 1. The van der Waals surface area contributed by atoms with Crippen LogP contribution in [0.2, 0.25) is 0 Å². The molecule has 4 nitrogen and oxygen atoms in total. The van der Waals surface area contributed by atoms with Crippen LogP contribution in [0.4, 0.5) is 0 Å². The molecule has 0 aliphatic carbocycles. The highest BCUT2D eigenvalue weighted by atomic mass is 16.5. The Kier molecular flexibility index (Phi) is 4.42. The minimum absolute atomic E-state index is 0.398. The standard InChI is InChI=1S/C13H23N3O/c1-11(2)16-10-13(9-15-16)17-8-4-6-12-5-3-7-14-12/h9-12,14H,3-8H2,1-2H3.